The zero-order chi connectivity index (χ0) is 11.1. The van der Waals surface area contributed by atoms with Crippen LogP contribution in [0.3, 0.4) is 0 Å². The van der Waals surface area contributed by atoms with E-state index in [1.807, 2.05) is 0 Å². The van der Waals surface area contributed by atoms with Gasteiger partial charge >= 0.3 is 5.97 Å². The zero-order valence-electron chi connectivity index (χ0n) is 8.45. The van der Waals surface area contributed by atoms with Crippen molar-refractivity contribution in [3.63, 3.8) is 0 Å². The molecule has 4 heteroatoms. The third kappa shape index (κ3) is 6.37. The van der Waals surface area contributed by atoms with Crippen LogP contribution < -0.4 is 5.73 Å². The maximum absolute atomic E-state index is 11.2. The minimum atomic E-state index is -1.02. The molecule has 1 unspecified atom stereocenters. The molecule has 80 valence electrons. The molecule has 0 amide bonds. The van der Waals surface area contributed by atoms with E-state index in [9.17, 15) is 9.59 Å². The Labute approximate surface area is 83.8 Å². The molecule has 3 N–H and O–H groups in total. The highest BCUT2D eigenvalue weighted by Gasteiger charge is 2.11. The number of nitrogens with two attached hydrogens (primary N) is 1. The molecule has 0 aliphatic heterocycles. The number of Topliss-reactive ketones (excluding diaryl/α,β-unsaturated/α-hetero) is 1. The summed E-state index contributed by atoms with van der Waals surface area (Å²) in [5.74, 6) is -0.924. The van der Waals surface area contributed by atoms with Gasteiger partial charge < -0.3 is 10.8 Å². The lowest BCUT2D eigenvalue weighted by Gasteiger charge is -2.05. The van der Waals surface area contributed by atoms with E-state index in [0.717, 1.165) is 5.57 Å². The number of carboxylic acid groups (broad SMARTS) is 1. The standard InChI is InChI=1S/C10H17NO3/c1-7(2)6-8(12)4-3-5-9(11)10(13)14/h9H,1,3-6,11H2,2H3,(H,13,14). The van der Waals surface area contributed by atoms with E-state index in [1.165, 1.54) is 0 Å². The Morgan fingerprint density at radius 2 is 2.07 bits per heavy atom. The van der Waals surface area contributed by atoms with Gasteiger partial charge in [-0.3, -0.25) is 9.59 Å². The molecular formula is C10H17NO3. The summed E-state index contributed by atoms with van der Waals surface area (Å²) in [5, 5.41) is 8.47. The van der Waals surface area contributed by atoms with Gasteiger partial charge in [0, 0.05) is 12.8 Å². The Balaban J connectivity index is 3.59. The first-order valence-electron chi connectivity index (χ1n) is 4.58. The largest absolute Gasteiger partial charge is 0.480 e. The van der Waals surface area contributed by atoms with Gasteiger partial charge in [-0.2, -0.15) is 0 Å². The maximum atomic E-state index is 11.2. The van der Waals surface area contributed by atoms with Gasteiger partial charge in [0.05, 0.1) is 0 Å². The van der Waals surface area contributed by atoms with Gasteiger partial charge in [-0.25, -0.2) is 0 Å². The van der Waals surface area contributed by atoms with E-state index < -0.39 is 12.0 Å². The fourth-order valence-corrected chi connectivity index (χ4v) is 1.07. The normalized spacial score (nSPS) is 12.1. The number of allylic oxidation sites excluding steroid dienone is 1. The van der Waals surface area contributed by atoms with Gasteiger partial charge in [-0.1, -0.05) is 12.2 Å². The van der Waals surface area contributed by atoms with Crippen LogP contribution in [0.2, 0.25) is 0 Å². The minimum Gasteiger partial charge on any atom is -0.480 e. The van der Waals surface area contributed by atoms with E-state index in [-0.39, 0.29) is 5.78 Å². The molecular weight excluding hydrogens is 182 g/mol. The smallest absolute Gasteiger partial charge is 0.320 e. The van der Waals surface area contributed by atoms with Crippen molar-refractivity contribution in [2.75, 3.05) is 0 Å². The first kappa shape index (κ1) is 12.8. The van der Waals surface area contributed by atoms with Crippen molar-refractivity contribution in [2.24, 2.45) is 5.73 Å². The second-order valence-electron chi connectivity index (χ2n) is 3.51. The fourth-order valence-electron chi connectivity index (χ4n) is 1.07. The number of carboxylic acids is 1. The number of carbonyl (C=O) groups is 2. The molecule has 0 aliphatic carbocycles. The molecule has 0 radical (unpaired) electrons. The topological polar surface area (TPSA) is 80.4 Å². The Hall–Kier alpha value is -1.16. The molecule has 0 bridgehead atoms. The highest BCUT2D eigenvalue weighted by atomic mass is 16.4. The molecule has 0 aromatic heterocycles. The lowest BCUT2D eigenvalue weighted by molar-refractivity contribution is -0.138. The van der Waals surface area contributed by atoms with E-state index in [1.54, 1.807) is 6.92 Å². The summed E-state index contributed by atoms with van der Waals surface area (Å²) in [4.78, 5) is 21.5. The molecule has 0 heterocycles. The molecule has 0 fully saturated rings. The van der Waals surface area contributed by atoms with Gasteiger partial charge in [-0.05, 0) is 19.8 Å². The molecule has 0 aromatic rings. The van der Waals surface area contributed by atoms with Crippen LogP contribution in [0, 0.1) is 0 Å². The van der Waals surface area contributed by atoms with Crippen LogP contribution in [0.1, 0.15) is 32.6 Å². The summed E-state index contributed by atoms with van der Waals surface area (Å²) in [5.41, 5.74) is 6.11. The van der Waals surface area contributed by atoms with Gasteiger partial charge in [0.2, 0.25) is 0 Å². The van der Waals surface area contributed by atoms with Gasteiger partial charge in [0.15, 0.2) is 0 Å². The summed E-state index contributed by atoms with van der Waals surface area (Å²) < 4.78 is 0. The monoisotopic (exact) mass is 199 g/mol. The fraction of sp³-hybridized carbons (Fsp3) is 0.600. The Morgan fingerprint density at radius 1 is 1.50 bits per heavy atom. The van der Waals surface area contributed by atoms with E-state index in [4.69, 9.17) is 10.8 Å². The van der Waals surface area contributed by atoms with Crippen LogP contribution in [0.25, 0.3) is 0 Å². The lowest BCUT2D eigenvalue weighted by Crippen LogP contribution is -2.29. The summed E-state index contributed by atoms with van der Waals surface area (Å²) >= 11 is 0. The molecule has 0 rings (SSSR count). The Kier molecular flexibility index (Phi) is 5.79. The van der Waals surface area contributed by atoms with Crippen LogP contribution in [-0.2, 0) is 9.59 Å². The van der Waals surface area contributed by atoms with Crippen LogP contribution >= 0.6 is 0 Å². The molecule has 14 heavy (non-hydrogen) atoms. The van der Waals surface area contributed by atoms with Crippen LogP contribution in [0.15, 0.2) is 12.2 Å². The van der Waals surface area contributed by atoms with E-state index in [2.05, 4.69) is 6.58 Å². The number of carbonyl (C=O) groups excluding carboxylic acids is 1. The van der Waals surface area contributed by atoms with Crippen molar-refractivity contribution in [1.82, 2.24) is 0 Å². The molecule has 0 spiro atoms. The van der Waals surface area contributed by atoms with E-state index in [0.29, 0.717) is 25.7 Å². The highest BCUT2D eigenvalue weighted by Crippen LogP contribution is 2.05. The first-order valence-corrected chi connectivity index (χ1v) is 4.58. The Bertz CT molecular complexity index is 236. The van der Waals surface area contributed by atoms with Crippen molar-refractivity contribution >= 4 is 11.8 Å². The lowest BCUT2D eigenvalue weighted by atomic mass is 10.0. The first-order chi connectivity index (χ1) is 6.43. The average Bonchev–Trinajstić information content (AvgIpc) is 2.02. The zero-order valence-corrected chi connectivity index (χ0v) is 8.45. The van der Waals surface area contributed by atoms with Crippen molar-refractivity contribution in [2.45, 2.75) is 38.6 Å². The molecule has 4 nitrogen and oxygen atoms in total. The number of rotatable bonds is 7. The summed E-state index contributed by atoms with van der Waals surface area (Å²) in [7, 11) is 0. The number of hydrogen-bond donors (Lipinski definition) is 2. The quantitative estimate of drug-likeness (QED) is 0.602. The SMILES string of the molecule is C=C(C)CC(=O)CCCC(N)C(=O)O. The van der Waals surface area contributed by atoms with Crippen molar-refractivity contribution < 1.29 is 14.7 Å². The average molecular weight is 199 g/mol. The number of ketones is 1. The highest BCUT2D eigenvalue weighted by molar-refractivity contribution is 5.80. The number of aliphatic carboxylic acids is 1. The minimum absolute atomic E-state index is 0.0927. The van der Waals surface area contributed by atoms with Crippen LogP contribution in [0.4, 0.5) is 0 Å². The summed E-state index contributed by atoms with van der Waals surface area (Å²) in [6.45, 7) is 5.42. The summed E-state index contributed by atoms with van der Waals surface area (Å²) in [6, 6.07) is -0.854. The van der Waals surface area contributed by atoms with Crippen molar-refractivity contribution in [1.29, 1.82) is 0 Å². The second kappa shape index (κ2) is 6.32. The Morgan fingerprint density at radius 3 is 2.50 bits per heavy atom. The molecule has 0 saturated heterocycles. The van der Waals surface area contributed by atoms with Crippen molar-refractivity contribution in [3.05, 3.63) is 12.2 Å². The predicted octanol–water partition coefficient (Wildman–Crippen LogP) is 1.10. The molecule has 0 saturated carbocycles. The van der Waals surface area contributed by atoms with E-state index >= 15 is 0 Å². The van der Waals surface area contributed by atoms with Crippen molar-refractivity contribution in [3.8, 4) is 0 Å². The third-order valence-electron chi connectivity index (χ3n) is 1.79. The molecule has 1 atom stereocenters. The maximum Gasteiger partial charge on any atom is 0.320 e. The molecule has 0 aliphatic rings. The summed E-state index contributed by atoms with van der Waals surface area (Å²) in [6.07, 6.45) is 1.63. The second-order valence-corrected chi connectivity index (χ2v) is 3.51. The molecule has 0 aromatic carbocycles. The predicted molar refractivity (Wildman–Crippen MR) is 53.9 cm³/mol. The van der Waals surface area contributed by atoms with Gasteiger partial charge in [-0.15, -0.1) is 0 Å². The van der Waals surface area contributed by atoms with Crippen LogP contribution in [-0.4, -0.2) is 22.9 Å². The van der Waals surface area contributed by atoms with Crippen LogP contribution in [0.5, 0.6) is 0 Å². The number of hydrogen-bond acceptors (Lipinski definition) is 3. The van der Waals surface area contributed by atoms with Gasteiger partial charge in [0.25, 0.3) is 0 Å². The third-order valence-corrected chi connectivity index (χ3v) is 1.79. The van der Waals surface area contributed by atoms with Gasteiger partial charge in [0.1, 0.15) is 11.8 Å².